The third-order valence-electron chi connectivity index (χ3n) is 2.80. The Labute approximate surface area is 135 Å². The highest BCUT2D eigenvalue weighted by Crippen LogP contribution is 2.29. The summed E-state index contributed by atoms with van der Waals surface area (Å²) in [5, 5.41) is 11.2. The van der Waals surface area contributed by atoms with Gasteiger partial charge in [0.1, 0.15) is 5.15 Å². The number of nitro benzene ring substituents is 1. The molecule has 0 saturated heterocycles. The van der Waals surface area contributed by atoms with Crippen LogP contribution in [-0.4, -0.2) is 14.9 Å². The van der Waals surface area contributed by atoms with Gasteiger partial charge in [-0.3, -0.25) is 10.1 Å². The Morgan fingerprint density at radius 2 is 2.10 bits per heavy atom. The average molecular weight is 371 g/mol. The van der Waals surface area contributed by atoms with Gasteiger partial charge in [0.2, 0.25) is 0 Å². The smallest absolute Gasteiger partial charge is 0.258 e. The van der Waals surface area contributed by atoms with Crippen molar-refractivity contribution in [1.82, 2.24) is 9.97 Å². The molecule has 0 aliphatic carbocycles. The zero-order chi connectivity index (χ0) is 15.6. The zero-order valence-corrected chi connectivity index (χ0v) is 13.8. The van der Waals surface area contributed by atoms with Crippen molar-refractivity contribution in [3.63, 3.8) is 0 Å². The summed E-state index contributed by atoms with van der Waals surface area (Å²) in [5.41, 5.74) is 1.37. The fraction of sp³-hybridized carbons (Fsp3) is 0.286. The van der Waals surface area contributed by atoms with Crippen molar-refractivity contribution in [3.05, 3.63) is 49.7 Å². The maximum atomic E-state index is 10.8. The molecule has 110 valence electrons. The van der Waals surface area contributed by atoms with Crippen molar-refractivity contribution in [2.45, 2.75) is 20.3 Å². The molecule has 1 heterocycles. The van der Waals surface area contributed by atoms with Gasteiger partial charge in [-0.1, -0.05) is 37.6 Å². The fourth-order valence-corrected chi connectivity index (χ4v) is 2.40. The van der Waals surface area contributed by atoms with Crippen LogP contribution in [0.4, 0.5) is 5.69 Å². The number of rotatable bonds is 4. The number of halogens is 2. The standard InChI is InChI=1S/C14H13BrClN3O2/c1-8(2)6-11-12(15)13(16)18-14(17-11)9-4-3-5-10(7-9)19(20)21/h3-5,7-8H,6H2,1-2H3. The molecule has 7 heteroatoms. The van der Waals surface area contributed by atoms with Crippen molar-refractivity contribution in [1.29, 1.82) is 0 Å². The Kier molecular flexibility index (Phi) is 4.90. The first-order chi connectivity index (χ1) is 9.88. The van der Waals surface area contributed by atoms with Crippen LogP contribution in [-0.2, 0) is 6.42 Å². The summed E-state index contributed by atoms with van der Waals surface area (Å²) in [6, 6.07) is 6.21. The van der Waals surface area contributed by atoms with E-state index in [1.807, 2.05) is 0 Å². The minimum absolute atomic E-state index is 0.000510. The summed E-state index contributed by atoms with van der Waals surface area (Å²) in [6.07, 6.45) is 0.741. The van der Waals surface area contributed by atoms with Gasteiger partial charge < -0.3 is 0 Å². The van der Waals surface area contributed by atoms with Crippen LogP contribution in [0.1, 0.15) is 19.5 Å². The second-order valence-electron chi connectivity index (χ2n) is 5.00. The Hall–Kier alpha value is -1.53. The topological polar surface area (TPSA) is 68.9 Å². The number of aromatic nitrogens is 2. The fourth-order valence-electron chi connectivity index (χ4n) is 1.87. The van der Waals surface area contributed by atoms with Crippen molar-refractivity contribution in [2.24, 2.45) is 5.92 Å². The molecule has 0 aliphatic rings. The van der Waals surface area contributed by atoms with Crippen LogP contribution in [0.5, 0.6) is 0 Å². The Morgan fingerprint density at radius 1 is 1.38 bits per heavy atom. The van der Waals surface area contributed by atoms with E-state index in [1.54, 1.807) is 12.1 Å². The van der Waals surface area contributed by atoms with Gasteiger partial charge in [-0.2, -0.15) is 0 Å². The van der Waals surface area contributed by atoms with E-state index in [9.17, 15) is 10.1 Å². The lowest BCUT2D eigenvalue weighted by atomic mass is 10.1. The lowest BCUT2D eigenvalue weighted by Gasteiger charge is -2.10. The molecule has 0 spiro atoms. The van der Waals surface area contributed by atoms with Crippen molar-refractivity contribution >= 4 is 33.2 Å². The SMILES string of the molecule is CC(C)Cc1nc(-c2cccc([N+](=O)[O-])c2)nc(Cl)c1Br. The molecule has 1 aromatic carbocycles. The van der Waals surface area contributed by atoms with Gasteiger partial charge in [-0.25, -0.2) is 9.97 Å². The number of hydrogen-bond acceptors (Lipinski definition) is 4. The molecule has 0 amide bonds. The summed E-state index contributed by atoms with van der Waals surface area (Å²) in [4.78, 5) is 19.1. The van der Waals surface area contributed by atoms with Crippen LogP contribution >= 0.6 is 27.5 Å². The van der Waals surface area contributed by atoms with Crippen molar-refractivity contribution < 1.29 is 4.92 Å². The first-order valence-corrected chi connectivity index (χ1v) is 7.52. The van der Waals surface area contributed by atoms with Gasteiger partial charge in [0.15, 0.2) is 5.82 Å². The summed E-state index contributed by atoms with van der Waals surface area (Å²) >= 11 is 9.51. The van der Waals surface area contributed by atoms with E-state index in [2.05, 4.69) is 39.7 Å². The number of benzene rings is 1. The Morgan fingerprint density at radius 3 is 2.71 bits per heavy atom. The molecular formula is C14H13BrClN3O2. The molecule has 0 radical (unpaired) electrons. The predicted octanol–water partition coefficient (Wildman–Crippen LogP) is 4.67. The molecule has 5 nitrogen and oxygen atoms in total. The molecule has 2 rings (SSSR count). The van der Waals surface area contributed by atoms with Crippen molar-refractivity contribution in [2.75, 3.05) is 0 Å². The van der Waals surface area contributed by atoms with E-state index < -0.39 is 4.92 Å². The number of hydrogen-bond donors (Lipinski definition) is 0. The lowest BCUT2D eigenvalue weighted by molar-refractivity contribution is -0.384. The van der Waals surface area contributed by atoms with E-state index in [-0.39, 0.29) is 5.69 Å². The molecule has 21 heavy (non-hydrogen) atoms. The van der Waals surface area contributed by atoms with E-state index in [0.29, 0.717) is 26.9 Å². The van der Waals surface area contributed by atoms with E-state index in [1.165, 1.54) is 12.1 Å². The number of nitro groups is 1. The van der Waals surface area contributed by atoms with E-state index in [4.69, 9.17) is 11.6 Å². The maximum Gasteiger partial charge on any atom is 0.270 e. The minimum atomic E-state index is -0.445. The Balaban J connectivity index is 2.51. The molecule has 1 aromatic heterocycles. The quantitative estimate of drug-likeness (QED) is 0.445. The predicted molar refractivity (Wildman–Crippen MR) is 85.4 cm³/mol. The third-order valence-corrected chi connectivity index (χ3v) is 4.13. The van der Waals surface area contributed by atoms with Gasteiger partial charge in [-0.05, 0) is 28.3 Å². The zero-order valence-electron chi connectivity index (χ0n) is 11.5. The second-order valence-corrected chi connectivity index (χ2v) is 6.16. The van der Waals surface area contributed by atoms with E-state index >= 15 is 0 Å². The van der Waals surface area contributed by atoms with Crippen molar-refractivity contribution in [3.8, 4) is 11.4 Å². The molecule has 0 unspecified atom stereocenters. The van der Waals surface area contributed by atoms with Gasteiger partial charge in [-0.15, -0.1) is 0 Å². The highest BCUT2D eigenvalue weighted by atomic mass is 79.9. The number of nitrogens with zero attached hydrogens (tertiary/aromatic N) is 3. The summed E-state index contributed by atoms with van der Waals surface area (Å²) in [6.45, 7) is 4.16. The lowest BCUT2D eigenvalue weighted by Crippen LogP contribution is -2.03. The first kappa shape index (κ1) is 15.9. The highest BCUT2D eigenvalue weighted by Gasteiger charge is 2.15. The maximum absolute atomic E-state index is 10.8. The van der Waals surface area contributed by atoms with Gasteiger partial charge in [0, 0.05) is 17.7 Å². The first-order valence-electron chi connectivity index (χ1n) is 6.35. The number of non-ortho nitro benzene ring substituents is 1. The second kappa shape index (κ2) is 6.49. The summed E-state index contributed by atoms with van der Waals surface area (Å²) in [5.74, 6) is 0.799. The highest BCUT2D eigenvalue weighted by molar-refractivity contribution is 9.10. The molecule has 2 aromatic rings. The molecule has 0 atom stereocenters. The summed E-state index contributed by atoms with van der Waals surface area (Å²) in [7, 11) is 0. The molecular weight excluding hydrogens is 358 g/mol. The van der Waals surface area contributed by atoms with Crippen LogP contribution in [0, 0.1) is 16.0 Å². The molecule has 0 bridgehead atoms. The van der Waals surface area contributed by atoms with Crippen LogP contribution in [0.3, 0.4) is 0 Å². The molecule has 0 fully saturated rings. The molecule has 0 aliphatic heterocycles. The van der Waals surface area contributed by atoms with Crippen LogP contribution < -0.4 is 0 Å². The average Bonchev–Trinajstić information content (AvgIpc) is 2.43. The molecule has 0 N–H and O–H groups in total. The van der Waals surface area contributed by atoms with E-state index in [0.717, 1.165) is 12.1 Å². The third kappa shape index (κ3) is 3.77. The van der Waals surface area contributed by atoms with Crippen LogP contribution in [0.15, 0.2) is 28.7 Å². The van der Waals surface area contributed by atoms with Gasteiger partial charge >= 0.3 is 0 Å². The monoisotopic (exact) mass is 369 g/mol. The van der Waals surface area contributed by atoms with Gasteiger partial charge in [0.25, 0.3) is 5.69 Å². The summed E-state index contributed by atoms with van der Waals surface area (Å²) < 4.78 is 0.673. The van der Waals surface area contributed by atoms with Crippen LogP contribution in [0.2, 0.25) is 5.15 Å². The largest absolute Gasteiger partial charge is 0.270 e. The van der Waals surface area contributed by atoms with Gasteiger partial charge in [0.05, 0.1) is 15.1 Å². The normalized spacial score (nSPS) is 10.9. The van der Waals surface area contributed by atoms with Crippen LogP contribution in [0.25, 0.3) is 11.4 Å². The Bertz CT molecular complexity index is 692. The molecule has 0 saturated carbocycles. The minimum Gasteiger partial charge on any atom is -0.258 e.